The summed E-state index contributed by atoms with van der Waals surface area (Å²) in [6, 6.07) is 0. The lowest BCUT2D eigenvalue weighted by Gasteiger charge is -2.56. The number of carbonyl (C=O) groups excluding carboxylic acids is 2. The molecule has 0 spiro atoms. The van der Waals surface area contributed by atoms with E-state index >= 15 is 0 Å². The predicted molar refractivity (Wildman–Crippen MR) is 106 cm³/mol. The molecule has 4 bridgehead atoms. The van der Waals surface area contributed by atoms with Crippen molar-refractivity contribution < 1.29 is 14.3 Å². The van der Waals surface area contributed by atoms with Crippen LogP contribution in [0.15, 0.2) is 0 Å². The van der Waals surface area contributed by atoms with Crippen LogP contribution in [0.2, 0.25) is 0 Å². The highest BCUT2D eigenvalue weighted by molar-refractivity contribution is 8.23. The van der Waals surface area contributed by atoms with Crippen LogP contribution in [-0.4, -0.2) is 52.1 Å². The van der Waals surface area contributed by atoms with Crippen LogP contribution in [0.3, 0.4) is 0 Å². The maximum atomic E-state index is 12.4. The van der Waals surface area contributed by atoms with Gasteiger partial charge >= 0.3 is 5.97 Å². The van der Waals surface area contributed by atoms with Gasteiger partial charge in [0, 0.05) is 18.6 Å². The molecule has 5 fully saturated rings. The largest absolute Gasteiger partial charge is 0.455 e. The molecule has 1 saturated heterocycles. The van der Waals surface area contributed by atoms with Crippen molar-refractivity contribution in [2.75, 3.05) is 25.4 Å². The third kappa shape index (κ3) is 4.19. The maximum absolute atomic E-state index is 12.4. The average Bonchev–Trinajstić information content (AvgIpc) is 3.11. The molecule has 0 atom stereocenters. The fraction of sp³-hybridized carbons (Fsp3) is 0.842. The lowest BCUT2D eigenvalue weighted by Crippen LogP contribution is -2.60. The molecule has 0 radical (unpaired) electrons. The van der Waals surface area contributed by atoms with Gasteiger partial charge in [-0.15, -0.1) is 0 Å². The lowest BCUT2D eigenvalue weighted by molar-refractivity contribution is -0.147. The molecule has 5 aliphatic rings. The van der Waals surface area contributed by atoms with Gasteiger partial charge in [-0.05, 0) is 69.1 Å². The van der Waals surface area contributed by atoms with Crippen LogP contribution in [0, 0.1) is 17.8 Å². The van der Waals surface area contributed by atoms with Crippen molar-refractivity contribution >= 4 is 40.2 Å². The van der Waals surface area contributed by atoms with E-state index in [-0.39, 0.29) is 29.8 Å². The highest BCUT2D eigenvalue weighted by Gasteiger charge is 2.51. The molecule has 1 N–H and O–H groups in total. The Morgan fingerprint density at radius 3 is 2.23 bits per heavy atom. The van der Waals surface area contributed by atoms with Crippen LogP contribution in [0.4, 0.5) is 0 Å². The first-order valence-corrected chi connectivity index (χ1v) is 11.3. The van der Waals surface area contributed by atoms with Crippen LogP contribution in [0.25, 0.3) is 0 Å². The number of ether oxygens (including phenoxy) is 1. The van der Waals surface area contributed by atoms with Crippen LogP contribution in [-0.2, 0) is 14.3 Å². The molecule has 0 aromatic heterocycles. The van der Waals surface area contributed by atoms with Crippen molar-refractivity contribution in [1.29, 1.82) is 0 Å². The summed E-state index contributed by atoms with van der Waals surface area (Å²) in [5, 5.41) is 3.23. The zero-order valence-corrected chi connectivity index (χ0v) is 16.8. The second-order valence-electron chi connectivity index (χ2n) is 8.66. The number of esters is 1. The number of nitrogens with one attached hydrogen (secondary N) is 1. The Morgan fingerprint density at radius 1 is 1.08 bits per heavy atom. The van der Waals surface area contributed by atoms with Gasteiger partial charge in [-0.3, -0.25) is 9.59 Å². The van der Waals surface area contributed by atoms with E-state index in [4.69, 9.17) is 17.0 Å². The SMILES string of the molecule is O=C(COC(=O)CSC(=S)N1CCCC1)NC12CC3CC(CC(C3)C1)C2. The minimum atomic E-state index is -0.364. The second-order valence-corrected chi connectivity index (χ2v) is 10.3. The van der Waals surface area contributed by atoms with Crippen LogP contribution in [0.5, 0.6) is 0 Å². The minimum Gasteiger partial charge on any atom is -0.455 e. The number of nitrogens with zero attached hydrogens (tertiary/aromatic N) is 1. The Bertz CT molecular complexity index is 554. The van der Waals surface area contributed by atoms with Crippen molar-refractivity contribution in [3.05, 3.63) is 0 Å². The fourth-order valence-electron chi connectivity index (χ4n) is 5.89. The monoisotopic (exact) mass is 396 g/mol. The van der Waals surface area contributed by atoms with Gasteiger partial charge in [-0.2, -0.15) is 0 Å². The third-order valence-corrected chi connectivity index (χ3v) is 7.98. The van der Waals surface area contributed by atoms with Crippen LogP contribution < -0.4 is 5.32 Å². The first-order chi connectivity index (χ1) is 12.5. The Balaban J connectivity index is 1.18. The Morgan fingerprint density at radius 2 is 1.65 bits per heavy atom. The highest BCUT2D eigenvalue weighted by atomic mass is 32.2. The molecule has 4 saturated carbocycles. The molecule has 0 aromatic carbocycles. The number of rotatable bonds is 5. The number of hydrogen-bond donors (Lipinski definition) is 1. The molecule has 7 heteroatoms. The Kier molecular flexibility index (Phi) is 5.46. The van der Waals surface area contributed by atoms with E-state index in [0.29, 0.717) is 0 Å². The van der Waals surface area contributed by atoms with Gasteiger partial charge < -0.3 is 15.0 Å². The Hall–Kier alpha value is -0.820. The smallest absolute Gasteiger partial charge is 0.316 e. The van der Waals surface area contributed by atoms with Crippen molar-refractivity contribution in [1.82, 2.24) is 10.2 Å². The molecular weight excluding hydrogens is 368 g/mol. The molecule has 1 heterocycles. The van der Waals surface area contributed by atoms with E-state index in [9.17, 15) is 9.59 Å². The molecule has 4 aliphatic carbocycles. The standard InChI is InChI=1S/C19H28N2O3S2/c22-16(11-24-17(23)12-26-18(25)21-3-1-2-4-21)20-19-8-13-5-14(9-19)7-15(6-13)10-19/h13-15H,1-12H2,(H,20,22). The fourth-order valence-corrected chi connectivity index (χ4v) is 6.94. The van der Waals surface area contributed by atoms with Crippen LogP contribution >= 0.6 is 24.0 Å². The third-order valence-electron chi connectivity index (χ3n) is 6.48. The van der Waals surface area contributed by atoms with Gasteiger partial charge in [0.1, 0.15) is 4.32 Å². The highest BCUT2D eigenvalue weighted by Crippen LogP contribution is 2.55. The summed E-state index contributed by atoms with van der Waals surface area (Å²) in [5.74, 6) is 2.02. The van der Waals surface area contributed by atoms with E-state index in [2.05, 4.69) is 10.2 Å². The first-order valence-electron chi connectivity index (χ1n) is 9.90. The number of amides is 1. The molecule has 5 nitrogen and oxygen atoms in total. The zero-order chi connectivity index (χ0) is 18.1. The number of carbonyl (C=O) groups is 2. The molecule has 0 aromatic rings. The summed E-state index contributed by atoms with van der Waals surface area (Å²) in [6.45, 7) is 1.79. The van der Waals surface area contributed by atoms with E-state index in [0.717, 1.165) is 67.3 Å². The zero-order valence-electron chi connectivity index (χ0n) is 15.2. The summed E-state index contributed by atoms with van der Waals surface area (Å²) < 4.78 is 5.94. The topological polar surface area (TPSA) is 58.6 Å². The number of hydrogen-bond acceptors (Lipinski definition) is 5. The predicted octanol–water partition coefficient (Wildman–Crippen LogP) is 2.73. The summed E-state index contributed by atoms with van der Waals surface area (Å²) >= 11 is 6.68. The lowest BCUT2D eigenvalue weighted by atomic mass is 9.53. The minimum absolute atomic E-state index is 0.0235. The summed E-state index contributed by atoms with van der Waals surface area (Å²) in [4.78, 5) is 26.4. The van der Waals surface area contributed by atoms with Crippen LogP contribution in [0.1, 0.15) is 51.4 Å². The quantitative estimate of drug-likeness (QED) is 0.570. The maximum Gasteiger partial charge on any atom is 0.316 e. The van der Waals surface area contributed by atoms with Crippen molar-refractivity contribution in [3.63, 3.8) is 0 Å². The molecule has 0 unspecified atom stereocenters. The molecule has 26 heavy (non-hydrogen) atoms. The molecular formula is C19H28N2O3S2. The van der Waals surface area contributed by atoms with Crippen molar-refractivity contribution in [2.24, 2.45) is 17.8 Å². The van der Waals surface area contributed by atoms with Crippen molar-refractivity contribution in [2.45, 2.75) is 56.9 Å². The van der Waals surface area contributed by atoms with Crippen molar-refractivity contribution in [3.8, 4) is 0 Å². The first kappa shape index (κ1) is 18.5. The van der Waals surface area contributed by atoms with E-state index in [1.807, 2.05) is 0 Å². The molecule has 1 aliphatic heterocycles. The number of thioether (sulfide) groups is 1. The average molecular weight is 397 g/mol. The molecule has 5 rings (SSSR count). The molecule has 1 amide bonds. The van der Waals surface area contributed by atoms with Gasteiger partial charge in [0.25, 0.3) is 5.91 Å². The number of likely N-dealkylation sites (tertiary alicyclic amines) is 1. The van der Waals surface area contributed by atoms with Gasteiger partial charge in [0.05, 0.1) is 5.75 Å². The normalized spacial score (nSPS) is 34.8. The van der Waals surface area contributed by atoms with Gasteiger partial charge in [-0.25, -0.2) is 0 Å². The van der Waals surface area contributed by atoms with Gasteiger partial charge in [0.2, 0.25) is 0 Å². The second kappa shape index (κ2) is 7.66. The summed E-state index contributed by atoms with van der Waals surface area (Å²) in [5.41, 5.74) is -0.0235. The molecule has 144 valence electrons. The van der Waals surface area contributed by atoms with E-state index in [1.54, 1.807) is 0 Å². The number of thiocarbonyl (C=S) groups is 1. The summed E-state index contributed by atoms with van der Waals surface area (Å²) in [7, 11) is 0. The van der Waals surface area contributed by atoms with Gasteiger partial charge in [0.15, 0.2) is 6.61 Å². The van der Waals surface area contributed by atoms with E-state index in [1.165, 1.54) is 31.0 Å². The van der Waals surface area contributed by atoms with E-state index < -0.39 is 0 Å². The van der Waals surface area contributed by atoms with Gasteiger partial charge in [-0.1, -0.05) is 24.0 Å². The summed E-state index contributed by atoms with van der Waals surface area (Å²) in [6.07, 6.45) is 9.69. The Labute approximate surface area is 165 Å².